The molecule has 1 aliphatic rings. The molecule has 32 heavy (non-hydrogen) atoms. The molecule has 3 rings (SSSR count). The topological polar surface area (TPSA) is 68.9 Å². The van der Waals surface area contributed by atoms with Crippen LogP contribution in [0.25, 0.3) is 0 Å². The zero-order chi connectivity index (χ0) is 23.8. The van der Waals surface area contributed by atoms with E-state index in [0.717, 1.165) is 10.6 Å². The summed E-state index contributed by atoms with van der Waals surface area (Å²) in [5.41, 5.74) is -1.46. The van der Waals surface area contributed by atoms with E-state index in [2.05, 4.69) is 10.3 Å². The quantitative estimate of drug-likeness (QED) is 0.630. The summed E-state index contributed by atoms with van der Waals surface area (Å²) in [6.07, 6.45) is -1.80. The number of alkyl halides is 3. The molecule has 0 bridgehead atoms. The van der Waals surface area contributed by atoms with E-state index in [0.29, 0.717) is 10.6 Å². The standard InChI is InChI=1S/C21H21Cl2F3N4O2/c1-11(2)30-19(31)28-18(27-14-6-4-12(3)15(9-14)21(24,25)26)29(20(30)32)10-13-5-7-16(22)17(23)8-13/h5-9,11-12H,4,10H2,1-3H3,(H,27,28,31). The minimum absolute atomic E-state index is 0.0302. The number of halogens is 5. The van der Waals surface area contributed by atoms with Crippen LogP contribution in [-0.2, 0) is 6.54 Å². The number of benzene rings is 1. The maximum atomic E-state index is 13.3. The van der Waals surface area contributed by atoms with Crippen LogP contribution in [0.1, 0.15) is 38.8 Å². The lowest BCUT2D eigenvalue weighted by Crippen LogP contribution is -2.43. The predicted octanol–water partition coefficient (Wildman–Crippen LogP) is 5.17. The van der Waals surface area contributed by atoms with Crippen LogP contribution in [0.4, 0.5) is 19.1 Å². The van der Waals surface area contributed by atoms with Crippen LogP contribution in [-0.4, -0.2) is 20.3 Å². The average Bonchev–Trinajstić information content (AvgIpc) is 2.67. The minimum atomic E-state index is -4.49. The first-order valence-electron chi connectivity index (χ1n) is 9.81. The molecule has 172 valence electrons. The summed E-state index contributed by atoms with van der Waals surface area (Å²) in [5, 5.41) is 3.34. The van der Waals surface area contributed by atoms with Gasteiger partial charge in [-0.25, -0.2) is 14.2 Å². The zero-order valence-electron chi connectivity index (χ0n) is 17.5. The first kappa shape index (κ1) is 24.1. The lowest BCUT2D eigenvalue weighted by molar-refractivity contribution is -0.0985. The summed E-state index contributed by atoms with van der Waals surface area (Å²) in [7, 11) is 0. The van der Waals surface area contributed by atoms with Crippen LogP contribution in [0.2, 0.25) is 10.0 Å². The van der Waals surface area contributed by atoms with Gasteiger partial charge < -0.3 is 5.32 Å². The maximum Gasteiger partial charge on any atom is 0.413 e. The molecule has 0 fully saturated rings. The van der Waals surface area contributed by atoms with Gasteiger partial charge >= 0.3 is 17.6 Å². The van der Waals surface area contributed by atoms with Crippen LogP contribution < -0.4 is 16.7 Å². The van der Waals surface area contributed by atoms with Crippen molar-refractivity contribution in [3.05, 3.63) is 78.2 Å². The Morgan fingerprint density at radius 3 is 2.50 bits per heavy atom. The Bertz CT molecular complexity index is 1210. The second-order valence-electron chi connectivity index (χ2n) is 7.82. The molecule has 11 heteroatoms. The van der Waals surface area contributed by atoms with E-state index in [1.54, 1.807) is 38.1 Å². The molecular formula is C21H21Cl2F3N4O2. The normalized spacial score (nSPS) is 16.7. The molecule has 1 atom stereocenters. The van der Waals surface area contributed by atoms with Crippen LogP contribution >= 0.6 is 23.2 Å². The maximum absolute atomic E-state index is 13.3. The van der Waals surface area contributed by atoms with Gasteiger partial charge in [-0.3, -0.25) is 4.57 Å². The van der Waals surface area contributed by atoms with Gasteiger partial charge in [-0.1, -0.05) is 42.3 Å². The molecule has 0 spiro atoms. The molecule has 2 aromatic rings. The Kier molecular flexibility index (Phi) is 6.90. The number of nitrogens with zero attached hydrogens (tertiary/aromatic N) is 3. The summed E-state index contributed by atoms with van der Waals surface area (Å²) >= 11 is 12.0. The Hall–Kier alpha value is -2.52. The summed E-state index contributed by atoms with van der Waals surface area (Å²) in [6.45, 7) is 4.77. The fourth-order valence-electron chi connectivity index (χ4n) is 3.38. The summed E-state index contributed by atoms with van der Waals surface area (Å²) in [5.74, 6) is -0.873. The van der Waals surface area contributed by atoms with E-state index >= 15 is 0 Å². The van der Waals surface area contributed by atoms with E-state index in [1.165, 1.54) is 11.5 Å². The number of rotatable bonds is 5. The summed E-state index contributed by atoms with van der Waals surface area (Å²) in [6, 6.07) is 4.31. The Balaban J connectivity index is 2.09. The van der Waals surface area contributed by atoms with Gasteiger partial charge in [0.2, 0.25) is 5.95 Å². The highest BCUT2D eigenvalue weighted by Gasteiger charge is 2.38. The number of aromatic nitrogens is 3. The molecule has 1 aliphatic carbocycles. The number of hydrogen-bond acceptors (Lipinski definition) is 4. The third-order valence-electron chi connectivity index (χ3n) is 5.06. The van der Waals surface area contributed by atoms with Crippen LogP contribution in [0.15, 0.2) is 51.2 Å². The molecule has 1 unspecified atom stereocenters. The van der Waals surface area contributed by atoms with Crippen molar-refractivity contribution in [3.63, 3.8) is 0 Å². The third-order valence-corrected chi connectivity index (χ3v) is 5.80. The van der Waals surface area contributed by atoms with Crippen molar-refractivity contribution in [2.24, 2.45) is 5.92 Å². The lowest BCUT2D eigenvalue weighted by Gasteiger charge is -2.24. The van der Waals surface area contributed by atoms with Crippen molar-refractivity contribution in [2.45, 2.75) is 46.0 Å². The van der Waals surface area contributed by atoms with Crippen molar-refractivity contribution in [1.29, 1.82) is 0 Å². The third kappa shape index (κ3) is 5.10. The van der Waals surface area contributed by atoms with Crippen molar-refractivity contribution >= 4 is 29.2 Å². The SMILES string of the molecule is CC1CC=C(Nc2nc(=O)n(C(C)C)c(=O)n2Cc2ccc(Cl)c(Cl)c2)C=C1C(F)(F)F. The average molecular weight is 489 g/mol. The van der Waals surface area contributed by atoms with Crippen molar-refractivity contribution < 1.29 is 13.2 Å². The van der Waals surface area contributed by atoms with Crippen molar-refractivity contribution in [3.8, 4) is 0 Å². The molecule has 0 aliphatic heterocycles. The van der Waals surface area contributed by atoms with Crippen LogP contribution in [0, 0.1) is 5.92 Å². The molecule has 0 radical (unpaired) electrons. The molecular weight excluding hydrogens is 468 g/mol. The van der Waals surface area contributed by atoms with E-state index in [1.807, 2.05) is 0 Å². The highest BCUT2D eigenvalue weighted by molar-refractivity contribution is 6.42. The second-order valence-corrected chi connectivity index (χ2v) is 8.63. The highest BCUT2D eigenvalue weighted by atomic mass is 35.5. The largest absolute Gasteiger partial charge is 0.413 e. The molecule has 1 N–H and O–H groups in total. The predicted molar refractivity (Wildman–Crippen MR) is 118 cm³/mol. The van der Waals surface area contributed by atoms with Gasteiger partial charge in [0.1, 0.15) is 0 Å². The summed E-state index contributed by atoms with van der Waals surface area (Å²) in [4.78, 5) is 29.5. The van der Waals surface area contributed by atoms with Gasteiger partial charge in [0.25, 0.3) is 0 Å². The van der Waals surface area contributed by atoms with Gasteiger partial charge in [-0.2, -0.15) is 18.2 Å². The van der Waals surface area contributed by atoms with E-state index < -0.39 is 35.1 Å². The van der Waals surface area contributed by atoms with Crippen molar-refractivity contribution in [1.82, 2.24) is 14.1 Å². The molecule has 1 heterocycles. The molecule has 1 aromatic carbocycles. The molecule has 0 amide bonds. The first-order chi connectivity index (χ1) is 14.9. The minimum Gasteiger partial charge on any atom is -0.326 e. The highest BCUT2D eigenvalue weighted by Crippen LogP contribution is 2.36. The Morgan fingerprint density at radius 2 is 1.91 bits per heavy atom. The zero-order valence-corrected chi connectivity index (χ0v) is 19.0. The van der Waals surface area contributed by atoms with E-state index in [4.69, 9.17) is 23.2 Å². The van der Waals surface area contributed by atoms with Gasteiger partial charge in [-0.05, 0) is 50.0 Å². The number of anilines is 1. The van der Waals surface area contributed by atoms with Crippen LogP contribution in [0.5, 0.6) is 0 Å². The molecule has 6 nitrogen and oxygen atoms in total. The van der Waals surface area contributed by atoms with Gasteiger partial charge in [0, 0.05) is 17.3 Å². The second kappa shape index (κ2) is 9.15. The lowest BCUT2D eigenvalue weighted by atomic mass is 9.91. The smallest absolute Gasteiger partial charge is 0.326 e. The van der Waals surface area contributed by atoms with E-state index in [-0.39, 0.29) is 29.6 Å². The fraction of sp³-hybridized carbons (Fsp3) is 0.381. The van der Waals surface area contributed by atoms with Crippen LogP contribution in [0.3, 0.4) is 0 Å². The molecule has 0 saturated heterocycles. The first-order valence-corrected chi connectivity index (χ1v) is 10.6. The molecule has 0 saturated carbocycles. The van der Waals surface area contributed by atoms with E-state index in [9.17, 15) is 22.8 Å². The number of hydrogen-bond donors (Lipinski definition) is 1. The molecule has 1 aromatic heterocycles. The monoisotopic (exact) mass is 488 g/mol. The van der Waals surface area contributed by atoms with Crippen molar-refractivity contribution in [2.75, 3.05) is 5.32 Å². The fourth-order valence-corrected chi connectivity index (χ4v) is 3.71. The number of nitrogens with one attached hydrogen (secondary N) is 1. The van der Waals surface area contributed by atoms with Gasteiger partial charge in [-0.15, -0.1) is 0 Å². The van der Waals surface area contributed by atoms with Gasteiger partial charge in [0.15, 0.2) is 0 Å². The number of allylic oxidation sites excluding steroid dienone is 3. The Morgan fingerprint density at radius 1 is 1.22 bits per heavy atom. The Labute approximate surface area is 192 Å². The summed E-state index contributed by atoms with van der Waals surface area (Å²) < 4.78 is 42.2. The van der Waals surface area contributed by atoms with Gasteiger partial charge in [0.05, 0.1) is 16.6 Å².